The molecule has 2 N–H and O–H groups in total. The van der Waals surface area contributed by atoms with Crippen molar-refractivity contribution >= 4 is 0 Å². The van der Waals surface area contributed by atoms with E-state index in [1.54, 1.807) is 0 Å². The van der Waals surface area contributed by atoms with Gasteiger partial charge in [0.15, 0.2) is 0 Å². The molecule has 0 aliphatic heterocycles. The monoisotopic (exact) mass is 253 g/mol. The minimum absolute atomic E-state index is 0.0357. The van der Waals surface area contributed by atoms with Crippen LogP contribution >= 0.6 is 0 Å². The van der Waals surface area contributed by atoms with Gasteiger partial charge in [-0.1, -0.05) is 39.0 Å². The molecule has 0 unspecified atom stereocenters. The highest BCUT2D eigenvalue weighted by Gasteiger charge is 2.34. The SMILES string of the molecule is CCCC1CCC(CN)(OCCC2CCC2)CC1. The van der Waals surface area contributed by atoms with Gasteiger partial charge in [0, 0.05) is 13.2 Å². The molecule has 2 heteroatoms. The van der Waals surface area contributed by atoms with E-state index < -0.39 is 0 Å². The Kier molecular flexibility index (Phi) is 5.50. The molecule has 0 atom stereocenters. The number of rotatable bonds is 7. The van der Waals surface area contributed by atoms with Crippen LogP contribution in [0.25, 0.3) is 0 Å². The summed E-state index contributed by atoms with van der Waals surface area (Å²) in [5.41, 5.74) is 6.03. The zero-order chi connectivity index (χ0) is 12.8. The smallest absolute Gasteiger partial charge is 0.0804 e. The van der Waals surface area contributed by atoms with Gasteiger partial charge in [-0.2, -0.15) is 0 Å². The van der Waals surface area contributed by atoms with E-state index in [1.165, 1.54) is 64.2 Å². The third-order valence-electron chi connectivity index (χ3n) is 5.24. The second kappa shape index (κ2) is 6.91. The van der Waals surface area contributed by atoms with Gasteiger partial charge in [-0.25, -0.2) is 0 Å². The van der Waals surface area contributed by atoms with Crippen LogP contribution in [0.3, 0.4) is 0 Å². The molecule has 0 aromatic rings. The minimum Gasteiger partial charge on any atom is -0.374 e. The average Bonchev–Trinajstić information content (AvgIpc) is 2.35. The van der Waals surface area contributed by atoms with Crippen LogP contribution in [-0.4, -0.2) is 18.8 Å². The van der Waals surface area contributed by atoms with Crippen molar-refractivity contribution in [2.45, 2.75) is 76.7 Å². The Balaban J connectivity index is 1.69. The summed E-state index contributed by atoms with van der Waals surface area (Å²) >= 11 is 0. The molecule has 0 bridgehead atoms. The number of hydrogen-bond donors (Lipinski definition) is 1. The zero-order valence-electron chi connectivity index (χ0n) is 12.1. The lowest BCUT2D eigenvalue weighted by atomic mass is 9.77. The molecule has 0 spiro atoms. The van der Waals surface area contributed by atoms with Gasteiger partial charge in [-0.3, -0.25) is 0 Å². The van der Waals surface area contributed by atoms with Gasteiger partial charge < -0.3 is 10.5 Å². The molecular formula is C16H31NO. The summed E-state index contributed by atoms with van der Waals surface area (Å²) in [6.45, 7) is 3.96. The Bertz CT molecular complexity index is 229. The summed E-state index contributed by atoms with van der Waals surface area (Å²) in [5.74, 6) is 1.89. The van der Waals surface area contributed by atoms with E-state index in [0.717, 1.165) is 25.0 Å². The Morgan fingerprint density at radius 2 is 1.72 bits per heavy atom. The first-order chi connectivity index (χ1) is 8.78. The molecule has 0 radical (unpaired) electrons. The molecule has 0 heterocycles. The van der Waals surface area contributed by atoms with Crippen LogP contribution < -0.4 is 5.73 Å². The van der Waals surface area contributed by atoms with E-state index in [0.29, 0.717) is 0 Å². The van der Waals surface area contributed by atoms with E-state index in [4.69, 9.17) is 10.5 Å². The third-order valence-corrected chi connectivity index (χ3v) is 5.24. The predicted molar refractivity (Wildman–Crippen MR) is 76.6 cm³/mol. The van der Waals surface area contributed by atoms with Crippen LogP contribution in [0.5, 0.6) is 0 Å². The molecule has 0 aromatic carbocycles. The molecule has 2 fully saturated rings. The van der Waals surface area contributed by atoms with E-state index in [1.807, 2.05) is 0 Å². The standard InChI is InChI=1S/C16H31NO/c1-2-4-14-7-10-16(13-17,11-8-14)18-12-9-15-5-3-6-15/h14-15H,2-13,17H2,1H3. The Morgan fingerprint density at radius 3 is 2.22 bits per heavy atom. The Morgan fingerprint density at radius 1 is 1.06 bits per heavy atom. The summed E-state index contributed by atoms with van der Waals surface area (Å²) in [6, 6.07) is 0. The quantitative estimate of drug-likeness (QED) is 0.747. The van der Waals surface area contributed by atoms with Crippen molar-refractivity contribution in [3.05, 3.63) is 0 Å². The van der Waals surface area contributed by atoms with Gasteiger partial charge in [-0.05, 0) is 43.9 Å². The number of nitrogens with two attached hydrogens (primary N) is 1. The largest absolute Gasteiger partial charge is 0.374 e. The van der Waals surface area contributed by atoms with Crippen molar-refractivity contribution < 1.29 is 4.74 Å². The average molecular weight is 253 g/mol. The van der Waals surface area contributed by atoms with Gasteiger partial charge >= 0.3 is 0 Å². The molecule has 2 rings (SSSR count). The van der Waals surface area contributed by atoms with Crippen LogP contribution in [0.1, 0.15) is 71.1 Å². The van der Waals surface area contributed by atoms with Gasteiger partial charge in [0.1, 0.15) is 0 Å². The zero-order valence-corrected chi connectivity index (χ0v) is 12.1. The van der Waals surface area contributed by atoms with Gasteiger partial charge in [0.05, 0.1) is 5.60 Å². The number of ether oxygens (including phenoxy) is 1. The summed E-state index contributed by atoms with van der Waals surface area (Å²) in [4.78, 5) is 0. The van der Waals surface area contributed by atoms with Crippen LogP contribution in [-0.2, 0) is 4.74 Å². The van der Waals surface area contributed by atoms with Crippen molar-refractivity contribution in [1.29, 1.82) is 0 Å². The topological polar surface area (TPSA) is 35.2 Å². The van der Waals surface area contributed by atoms with Gasteiger partial charge in [-0.15, -0.1) is 0 Å². The van der Waals surface area contributed by atoms with E-state index in [9.17, 15) is 0 Å². The summed E-state index contributed by atoms with van der Waals surface area (Å²) in [6.07, 6.45) is 13.3. The fourth-order valence-corrected chi connectivity index (χ4v) is 3.53. The van der Waals surface area contributed by atoms with E-state index >= 15 is 0 Å². The lowest BCUT2D eigenvalue weighted by Crippen LogP contribution is -2.44. The summed E-state index contributed by atoms with van der Waals surface area (Å²) in [7, 11) is 0. The molecule has 2 saturated carbocycles. The minimum atomic E-state index is 0.0357. The Labute approximate surface area is 113 Å². The van der Waals surface area contributed by atoms with Crippen LogP contribution in [0.2, 0.25) is 0 Å². The molecule has 2 aliphatic rings. The maximum atomic E-state index is 6.23. The van der Waals surface area contributed by atoms with E-state index in [2.05, 4.69) is 6.92 Å². The highest BCUT2D eigenvalue weighted by molar-refractivity contribution is 4.88. The molecule has 0 aromatic heterocycles. The van der Waals surface area contributed by atoms with Gasteiger partial charge in [0.25, 0.3) is 0 Å². The van der Waals surface area contributed by atoms with Crippen LogP contribution in [0, 0.1) is 11.8 Å². The van der Waals surface area contributed by atoms with Crippen molar-refractivity contribution in [2.24, 2.45) is 17.6 Å². The summed E-state index contributed by atoms with van der Waals surface area (Å²) < 4.78 is 6.23. The lowest BCUT2D eigenvalue weighted by molar-refractivity contribution is -0.0777. The van der Waals surface area contributed by atoms with Crippen molar-refractivity contribution in [1.82, 2.24) is 0 Å². The molecule has 18 heavy (non-hydrogen) atoms. The predicted octanol–water partition coefficient (Wildman–Crippen LogP) is 3.88. The third kappa shape index (κ3) is 3.71. The van der Waals surface area contributed by atoms with E-state index in [-0.39, 0.29) is 5.60 Å². The first-order valence-electron chi connectivity index (χ1n) is 8.12. The lowest BCUT2D eigenvalue weighted by Gasteiger charge is -2.40. The first kappa shape index (κ1) is 14.3. The fraction of sp³-hybridized carbons (Fsp3) is 1.00. The second-order valence-corrected chi connectivity index (χ2v) is 6.55. The second-order valence-electron chi connectivity index (χ2n) is 6.55. The molecule has 0 saturated heterocycles. The van der Waals surface area contributed by atoms with Crippen LogP contribution in [0.4, 0.5) is 0 Å². The molecule has 106 valence electrons. The van der Waals surface area contributed by atoms with Crippen molar-refractivity contribution in [3.63, 3.8) is 0 Å². The normalized spacial score (nSPS) is 33.3. The molecular weight excluding hydrogens is 222 g/mol. The number of hydrogen-bond acceptors (Lipinski definition) is 2. The highest BCUT2D eigenvalue weighted by Crippen LogP contribution is 2.37. The summed E-state index contributed by atoms with van der Waals surface area (Å²) in [5, 5.41) is 0. The molecule has 2 aliphatic carbocycles. The maximum absolute atomic E-state index is 6.23. The fourth-order valence-electron chi connectivity index (χ4n) is 3.53. The Hall–Kier alpha value is -0.0800. The maximum Gasteiger partial charge on any atom is 0.0804 e. The van der Waals surface area contributed by atoms with Crippen LogP contribution in [0.15, 0.2) is 0 Å². The van der Waals surface area contributed by atoms with Gasteiger partial charge in [0.2, 0.25) is 0 Å². The van der Waals surface area contributed by atoms with Crippen molar-refractivity contribution in [2.75, 3.05) is 13.2 Å². The van der Waals surface area contributed by atoms with Crippen molar-refractivity contribution in [3.8, 4) is 0 Å². The molecule has 2 nitrogen and oxygen atoms in total. The highest BCUT2D eigenvalue weighted by atomic mass is 16.5. The molecule has 0 amide bonds. The first-order valence-corrected chi connectivity index (χ1v) is 8.12.